The van der Waals surface area contributed by atoms with Crippen LogP contribution in [0.15, 0.2) is 54.6 Å². The van der Waals surface area contributed by atoms with Gasteiger partial charge in [0.1, 0.15) is 0 Å². The van der Waals surface area contributed by atoms with E-state index in [2.05, 4.69) is 47.5 Å². The number of anilines is 1. The second kappa shape index (κ2) is 7.12. The first-order valence-corrected chi connectivity index (χ1v) is 10.8. The molecule has 0 unspecified atom stereocenters. The van der Waals surface area contributed by atoms with Gasteiger partial charge in [0, 0.05) is 24.3 Å². The second-order valence-corrected chi connectivity index (χ2v) is 8.74. The smallest absolute Gasteiger partial charge is 0.231 e. The minimum absolute atomic E-state index is 0.0745. The van der Waals surface area contributed by atoms with Crippen LogP contribution in [-0.4, -0.2) is 18.8 Å². The molecule has 2 saturated heterocycles. The molecule has 1 N–H and O–H groups in total. The number of nitrogens with zero attached hydrogens (tertiary/aromatic N) is 1. The Morgan fingerprint density at radius 2 is 1.67 bits per heavy atom. The molecule has 0 bridgehead atoms. The van der Waals surface area contributed by atoms with Gasteiger partial charge in [0.05, 0.1) is 30.7 Å². The third kappa shape index (κ3) is 2.97. The maximum Gasteiger partial charge on any atom is 0.231 e. The molecule has 3 aliphatic rings. The lowest BCUT2D eigenvalue weighted by atomic mass is 9.75. The van der Waals surface area contributed by atoms with Crippen molar-refractivity contribution in [1.29, 1.82) is 0 Å². The molecular formula is C23H28ClN2O+. The summed E-state index contributed by atoms with van der Waals surface area (Å²) in [5.74, 6) is 0.515. The average Bonchev–Trinajstić information content (AvgIpc) is 3.36. The molecule has 1 aliphatic carbocycles. The van der Waals surface area contributed by atoms with Crippen LogP contribution >= 0.6 is 11.6 Å². The van der Waals surface area contributed by atoms with Gasteiger partial charge in [-0.05, 0) is 42.7 Å². The third-order valence-electron chi connectivity index (χ3n) is 6.84. The largest absolute Gasteiger partial charge is 0.305 e. The van der Waals surface area contributed by atoms with Gasteiger partial charge in [-0.25, -0.2) is 9.90 Å². The molecule has 4 heteroatoms. The van der Waals surface area contributed by atoms with E-state index in [9.17, 15) is 0 Å². The fraction of sp³-hybridized carbons (Fsp3) is 0.478. The molecular weight excluding hydrogens is 356 g/mol. The number of nitrogens with one attached hydrogen (secondary N) is 1. The lowest BCUT2D eigenvalue weighted by molar-refractivity contribution is -0.972. The van der Waals surface area contributed by atoms with Crippen molar-refractivity contribution in [1.82, 2.24) is 0 Å². The minimum Gasteiger partial charge on any atom is -0.305 e. The van der Waals surface area contributed by atoms with Gasteiger partial charge < -0.3 is 4.90 Å². The third-order valence-corrected chi connectivity index (χ3v) is 7.09. The molecule has 27 heavy (non-hydrogen) atoms. The molecule has 142 valence electrons. The van der Waals surface area contributed by atoms with Crippen molar-refractivity contribution in [3.63, 3.8) is 0 Å². The van der Waals surface area contributed by atoms with Crippen LogP contribution in [0.5, 0.6) is 0 Å². The highest BCUT2D eigenvalue weighted by molar-refractivity contribution is 6.30. The maximum absolute atomic E-state index is 6.98. The van der Waals surface area contributed by atoms with E-state index in [1.54, 1.807) is 4.90 Å². The Hall–Kier alpha value is -1.55. The van der Waals surface area contributed by atoms with Gasteiger partial charge in [-0.1, -0.05) is 48.4 Å². The normalized spacial score (nSPS) is 31.2. The van der Waals surface area contributed by atoms with E-state index >= 15 is 0 Å². The molecule has 5 rings (SSSR count). The summed E-state index contributed by atoms with van der Waals surface area (Å²) in [5, 5.41) is 3.02. The van der Waals surface area contributed by atoms with Gasteiger partial charge in [-0.15, -0.1) is 0 Å². The van der Waals surface area contributed by atoms with Crippen LogP contribution in [0.1, 0.15) is 50.1 Å². The summed E-state index contributed by atoms with van der Waals surface area (Å²) in [6.45, 7) is 2.49. The number of fused-ring (bicyclic) bond motifs is 1. The van der Waals surface area contributed by atoms with Gasteiger partial charge in [-0.3, -0.25) is 0 Å². The number of hydrogen-bond donors (Lipinski definition) is 1. The molecule has 3 atom stereocenters. The minimum atomic E-state index is -0.0745. The maximum atomic E-state index is 6.98. The molecule has 0 amide bonds. The number of halogens is 1. The predicted octanol–water partition coefficient (Wildman–Crippen LogP) is 4.40. The summed E-state index contributed by atoms with van der Waals surface area (Å²) in [6.07, 6.45) is 7.63. The molecule has 2 aromatic carbocycles. The Labute approximate surface area is 166 Å². The topological polar surface area (TPSA) is 16.9 Å². The molecule has 2 aliphatic heterocycles. The van der Waals surface area contributed by atoms with Crippen LogP contribution in [0.3, 0.4) is 0 Å². The number of quaternary nitrogens is 1. The molecule has 1 saturated carbocycles. The van der Waals surface area contributed by atoms with Crippen molar-refractivity contribution in [3.05, 3.63) is 65.2 Å². The van der Waals surface area contributed by atoms with Crippen molar-refractivity contribution in [2.24, 2.45) is 5.92 Å². The van der Waals surface area contributed by atoms with Gasteiger partial charge in [-0.2, -0.15) is 0 Å². The van der Waals surface area contributed by atoms with Crippen molar-refractivity contribution < 1.29 is 9.74 Å². The number of hydroxylamine groups is 1. The van der Waals surface area contributed by atoms with Gasteiger partial charge in [0.15, 0.2) is 0 Å². The van der Waals surface area contributed by atoms with Crippen LogP contribution in [0.2, 0.25) is 5.02 Å². The van der Waals surface area contributed by atoms with E-state index in [4.69, 9.17) is 16.4 Å². The predicted molar refractivity (Wildman–Crippen MR) is 109 cm³/mol. The first-order valence-electron chi connectivity index (χ1n) is 10.4. The van der Waals surface area contributed by atoms with Crippen LogP contribution in [0.25, 0.3) is 0 Å². The van der Waals surface area contributed by atoms with Crippen LogP contribution in [0.4, 0.5) is 5.69 Å². The monoisotopic (exact) mass is 383 g/mol. The van der Waals surface area contributed by atoms with E-state index in [0.717, 1.165) is 10.7 Å². The SMILES string of the molecule is Clc1ccc([C@@H]2[C@@H]3CCCC[C@]3([NH+]3CCCC3)ON2c2ccccc2)cc1. The van der Waals surface area contributed by atoms with E-state index in [1.165, 1.54) is 57.2 Å². The summed E-state index contributed by atoms with van der Waals surface area (Å²) >= 11 is 6.19. The van der Waals surface area contributed by atoms with Gasteiger partial charge >= 0.3 is 0 Å². The van der Waals surface area contributed by atoms with E-state index in [0.29, 0.717) is 5.92 Å². The fourth-order valence-electron chi connectivity index (χ4n) is 5.64. The van der Waals surface area contributed by atoms with Crippen molar-refractivity contribution >= 4 is 17.3 Å². The van der Waals surface area contributed by atoms with E-state index in [1.807, 2.05) is 12.1 Å². The highest BCUT2D eigenvalue weighted by atomic mass is 35.5. The Morgan fingerprint density at radius 3 is 2.41 bits per heavy atom. The molecule has 2 heterocycles. The average molecular weight is 384 g/mol. The molecule has 0 radical (unpaired) electrons. The standard InChI is InChI=1S/C23H27ClN2O/c24-19-13-11-18(12-14-19)22-21-10-4-5-15-23(21,25-16-6-7-17-25)27-26(22)20-8-2-1-3-9-20/h1-3,8-9,11-14,21-22H,4-7,10,15-17H2/p+1/t21-,22+,23-/m0/s1. The zero-order valence-electron chi connectivity index (χ0n) is 15.7. The van der Waals surface area contributed by atoms with Gasteiger partial charge in [0.25, 0.3) is 0 Å². The first-order chi connectivity index (χ1) is 13.3. The Kier molecular flexibility index (Phi) is 4.63. The van der Waals surface area contributed by atoms with Crippen molar-refractivity contribution in [2.45, 2.75) is 50.3 Å². The van der Waals surface area contributed by atoms with Crippen LogP contribution < -0.4 is 9.96 Å². The zero-order valence-corrected chi connectivity index (χ0v) is 16.5. The quantitative estimate of drug-likeness (QED) is 0.846. The number of para-hydroxylation sites is 1. The molecule has 0 spiro atoms. The summed E-state index contributed by atoms with van der Waals surface area (Å²) in [5.41, 5.74) is 2.40. The lowest BCUT2D eigenvalue weighted by Crippen LogP contribution is -3.20. The molecule has 0 aromatic heterocycles. The highest BCUT2D eigenvalue weighted by Crippen LogP contribution is 2.51. The summed E-state index contributed by atoms with van der Waals surface area (Å²) in [4.78, 5) is 8.65. The summed E-state index contributed by atoms with van der Waals surface area (Å²) in [6, 6.07) is 19.3. The second-order valence-electron chi connectivity index (χ2n) is 8.30. The summed E-state index contributed by atoms with van der Waals surface area (Å²) < 4.78 is 0. The Morgan fingerprint density at radius 1 is 0.926 bits per heavy atom. The van der Waals surface area contributed by atoms with Crippen molar-refractivity contribution in [2.75, 3.05) is 18.2 Å². The Balaban J connectivity index is 1.61. The highest BCUT2D eigenvalue weighted by Gasteiger charge is 2.62. The van der Waals surface area contributed by atoms with E-state index in [-0.39, 0.29) is 11.8 Å². The molecule has 3 fully saturated rings. The Bertz CT molecular complexity index is 775. The number of hydrogen-bond acceptors (Lipinski definition) is 2. The summed E-state index contributed by atoms with van der Waals surface area (Å²) in [7, 11) is 0. The van der Waals surface area contributed by atoms with Crippen LogP contribution in [0, 0.1) is 5.92 Å². The number of likely N-dealkylation sites (tertiary alicyclic amines) is 1. The van der Waals surface area contributed by atoms with Gasteiger partial charge in [0.2, 0.25) is 5.72 Å². The van der Waals surface area contributed by atoms with E-state index < -0.39 is 0 Å². The number of rotatable bonds is 3. The first kappa shape index (κ1) is 17.5. The molecule has 3 nitrogen and oxygen atoms in total. The molecule has 2 aromatic rings. The van der Waals surface area contributed by atoms with Crippen LogP contribution in [-0.2, 0) is 4.84 Å². The van der Waals surface area contributed by atoms with Crippen molar-refractivity contribution in [3.8, 4) is 0 Å². The number of benzene rings is 2. The zero-order chi connectivity index (χ0) is 18.3. The lowest BCUT2D eigenvalue weighted by Gasteiger charge is -2.40. The fourth-order valence-corrected chi connectivity index (χ4v) is 5.76.